The van der Waals surface area contributed by atoms with Crippen molar-refractivity contribution in [3.8, 4) is 0 Å². The number of morpholine rings is 1. The Labute approximate surface area is 153 Å². The van der Waals surface area contributed by atoms with Crippen LogP contribution in [0, 0.1) is 0 Å². The summed E-state index contributed by atoms with van der Waals surface area (Å²) in [6.45, 7) is 6.78. The number of hydrogen-bond acceptors (Lipinski definition) is 6. The van der Waals surface area contributed by atoms with E-state index in [0.29, 0.717) is 17.4 Å². The Bertz CT molecular complexity index is 622. The average molecular weight is 361 g/mol. The van der Waals surface area contributed by atoms with Crippen LogP contribution in [0.5, 0.6) is 0 Å². The van der Waals surface area contributed by atoms with E-state index in [1.165, 1.54) is 0 Å². The number of amides is 2. The third-order valence-electron chi connectivity index (χ3n) is 5.12. The number of carbonyl (C=O) groups is 2. The van der Waals surface area contributed by atoms with E-state index in [1.807, 2.05) is 4.90 Å². The van der Waals surface area contributed by atoms with Gasteiger partial charge in [-0.2, -0.15) is 0 Å². The Morgan fingerprint density at radius 1 is 1.23 bits per heavy atom. The van der Waals surface area contributed by atoms with E-state index in [9.17, 15) is 9.59 Å². The van der Waals surface area contributed by atoms with Gasteiger partial charge in [-0.25, -0.2) is 4.98 Å². The smallest absolute Gasteiger partial charge is 0.255 e. The van der Waals surface area contributed by atoms with Crippen molar-refractivity contribution in [2.75, 3.05) is 44.7 Å². The number of rotatable bonds is 5. The highest BCUT2D eigenvalue weighted by Crippen LogP contribution is 2.19. The SMILES string of the molecule is C[C@H](Nc1ccc(C(=O)N2CCC(N3CCOCC3)CC2)cn1)C(N)=O. The molecule has 0 radical (unpaired) electrons. The van der Waals surface area contributed by atoms with Gasteiger partial charge in [-0.3, -0.25) is 14.5 Å². The molecule has 3 N–H and O–H groups in total. The fourth-order valence-electron chi connectivity index (χ4n) is 3.46. The van der Waals surface area contributed by atoms with Gasteiger partial charge < -0.3 is 20.7 Å². The molecule has 3 rings (SSSR count). The molecule has 8 nitrogen and oxygen atoms in total. The van der Waals surface area contributed by atoms with Gasteiger partial charge in [0.15, 0.2) is 0 Å². The molecular formula is C18H27N5O3. The molecule has 0 aliphatic carbocycles. The van der Waals surface area contributed by atoms with Gasteiger partial charge in [0.2, 0.25) is 5.91 Å². The summed E-state index contributed by atoms with van der Waals surface area (Å²) in [5, 5.41) is 2.90. The molecule has 2 saturated heterocycles. The monoisotopic (exact) mass is 361 g/mol. The van der Waals surface area contributed by atoms with E-state index < -0.39 is 11.9 Å². The van der Waals surface area contributed by atoms with Crippen LogP contribution in [0.4, 0.5) is 5.82 Å². The highest BCUT2D eigenvalue weighted by atomic mass is 16.5. The fraction of sp³-hybridized carbons (Fsp3) is 0.611. The number of nitrogens with one attached hydrogen (secondary N) is 1. The number of nitrogens with zero attached hydrogens (tertiary/aromatic N) is 3. The van der Waals surface area contributed by atoms with E-state index in [2.05, 4.69) is 15.2 Å². The number of pyridine rings is 1. The number of aromatic nitrogens is 1. The molecule has 2 aliphatic heterocycles. The Morgan fingerprint density at radius 3 is 2.50 bits per heavy atom. The number of primary amides is 1. The lowest BCUT2D eigenvalue weighted by Crippen LogP contribution is -2.50. The van der Waals surface area contributed by atoms with Crippen LogP contribution in [0.3, 0.4) is 0 Å². The summed E-state index contributed by atoms with van der Waals surface area (Å²) in [5.41, 5.74) is 5.79. The molecule has 2 fully saturated rings. The second-order valence-corrected chi connectivity index (χ2v) is 6.87. The summed E-state index contributed by atoms with van der Waals surface area (Å²) in [6.07, 6.45) is 3.54. The normalized spacial score (nSPS) is 20.6. The summed E-state index contributed by atoms with van der Waals surface area (Å²) in [7, 11) is 0. The molecule has 26 heavy (non-hydrogen) atoms. The Kier molecular flexibility index (Phi) is 6.05. The van der Waals surface area contributed by atoms with Crippen molar-refractivity contribution < 1.29 is 14.3 Å². The van der Waals surface area contributed by atoms with Gasteiger partial charge in [0.1, 0.15) is 11.9 Å². The van der Waals surface area contributed by atoms with Crippen LogP contribution in [-0.2, 0) is 9.53 Å². The lowest BCUT2D eigenvalue weighted by Gasteiger charge is -2.40. The van der Waals surface area contributed by atoms with Gasteiger partial charge in [0, 0.05) is 38.4 Å². The maximum Gasteiger partial charge on any atom is 0.255 e. The Morgan fingerprint density at radius 2 is 1.92 bits per heavy atom. The van der Waals surface area contributed by atoms with E-state index in [0.717, 1.165) is 52.2 Å². The van der Waals surface area contributed by atoms with Gasteiger partial charge in [0.25, 0.3) is 5.91 Å². The van der Waals surface area contributed by atoms with Crippen molar-refractivity contribution in [1.29, 1.82) is 0 Å². The minimum Gasteiger partial charge on any atom is -0.379 e. The van der Waals surface area contributed by atoms with Gasteiger partial charge in [-0.05, 0) is 31.9 Å². The van der Waals surface area contributed by atoms with Crippen molar-refractivity contribution in [3.63, 3.8) is 0 Å². The molecule has 8 heteroatoms. The van der Waals surface area contributed by atoms with Crippen molar-refractivity contribution in [1.82, 2.24) is 14.8 Å². The Balaban J connectivity index is 1.52. The fourth-order valence-corrected chi connectivity index (χ4v) is 3.46. The van der Waals surface area contributed by atoms with Crippen molar-refractivity contribution in [2.45, 2.75) is 31.8 Å². The number of anilines is 1. The van der Waals surface area contributed by atoms with Crippen LogP contribution in [0.25, 0.3) is 0 Å². The minimum atomic E-state index is -0.511. The first-order valence-electron chi connectivity index (χ1n) is 9.17. The van der Waals surface area contributed by atoms with Gasteiger partial charge in [-0.1, -0.05) is 0 Å². The Hall–Kier alpha value is -2.19. The third kappa shape index (κ3) is 4.50. The van der Waals surface area contributed by atoms with Crippen LogP contribution in [-0.4, -0.2) is 78.1 Å². The quantitative estimate of drug-likeness (QED) is 0.783. The van der Waals surface area contributed by atoms with Gasteiger partial charge >= 0.3 is 0 Å². The molecule has 142 valence electrons. The molecule has 0 saturated carbocycles. The van der Waals surface area contributed by atoms with Crippen LogP contribution < -0.4 is 11.1 Å². The van der Waals surface area contributed by atoms with Crippen LogP contribution in [0.1, 0.15) is 30.1 Å². The molecule has 1 atom stereocenters. The minimum absolute atomic E-state index is 0.00688. The van der Waals surface area contributed by atoms with Crippen LogP contribution in [0.15, 0.2) is 18.3 Å². The topological polar surface area (TPSA) is 101 Å². The number of hydrogen-bond donors (Lipinski definition) is 2. The van der Waals surface area contributed by atoms with Crippen molar-refractivity contribution >= 4 is 17.6 Å². The third-order valence-corrected chi connectivity index (χ3v) is 5.12. The number of carbonyl (C=O) groups excluding carboxylic acids is 2. The standard InChI is InChI=1S/C18H27N5O3/c1-13(17(19)24)21-16-3-2-14(12-20-16)18(25)23-6-4-15(5-7-23)22-8-10-26-11-9-22/h2-3,12-13,15H,4-11H2,1H3,(H2,19,24)(H,20,21)/t13-/m0/s1. The number of nitrogens with two attached hydrogens (primary N) is 1. The highest BCUT2D eigenvalue weighted by molar-refractivity contribution is 5.94. The summed E-state index contributed by atoms with van der Waals surface area (Å²) in [5.74, 6) is 0.0846. The molecule has 2 aliphatic rings. The summed E-state index contributed by atoms with van der Waals surface area (Å²) < 4.78 is 5.41. The molecule has 1 aromatic rings. The second kappa shape index (κ2) is 8.46. The lowest BCUT2D eigenvalue weighted by atomic mass is 10.0. The molecule has 0 bridgehead atoms. The van der Waals surface area contributed by atoms with Crippen LogP contribution in [0.2, 0.25) is 0 Å². The maximum atomic E-state index is 12.7. The van der Waals surface area contributed by atoms with Gasteiger partial charge in [0.05, 0.1) is 18.8 Å². The first-order valence-corrected chi connectivity index (χ1v) is 9.17. The largest absolute Gasteiger partial charge is 0.379 e. The number of likely N-dealkylation sites (tertiary alicyclic amines) is 1. The van der Waals surface area contributed by atoms with E-state index >= 15 is 0 Å². The van der Waals surface area contributed by atoms with E-state index in [-0.39, 0.29) is 5.91 Å². The predicted octanol–water partition coefficient (Wildman–Crippen LogP) is 0.304. The average Bonchev–Trinajstić information content (AvgIpc) is 2.69. The van der Waals surface area contributed by atoms with Gasteiger partial charge in [-0.15, -0.1) is 0 Å². The molecular weight excluding hydrogens is 334 g/mol. The summed E-state index contributed by atoms with van der Waals surface area (Å²) in [6, 6.07) is 3.47. The first kappa shape index (κ1) is 18.6. The van der Waals surface area contributed by atoms with Crippen molar-refractivity contribution in [3.05, 3.63) is 23.9 Å². The highest BCUT2D eigenvalue weighted by Gasteiger charge is 2.28. The molecule has 0 unspecified atom stereocenters. The molecule has 2 amide bonds. The van der Waals surface area contributed by atoms with Crippen LogP contribution >= 0.6 is 0 Å². The zero-order chi connectivity index (χ0) is 18.5. The van der Waals surface area contributed by atoms with E-state index in [1.54, 1.807) is 25.3 Å². The molecule has 1 aromatic heterocycles. The maximum absolute atomic E-state index is 12.7. The summed E-state index contributed by atoms with van der Waals surface area (Å²) >= 11 is 0. The number of ether oxygens (including phenoxy) is 1. The molecule has 0 spiro atoms. The zero-order valence-corrected chi connectivity index (χ0v) is 15.2. The number of piperidine rings is 1. The lowest BCUT2D eigenvalue weighted by molar-refractivity contribution is -0.118. The van der Waals surface area contributed by atoms with Crippen molar-refractivity contribution in [2.24, 2.45) is 5.73 Å². The van der Waals surface area contributed by atoms with E-state index in [4.69, 9.17) is 10.5 Å². The molecule has 3 heterocycles. The zero-order valence-electron chi connectivity index (χ0n) is 15.2. The predicted molar refractivity (Wildman–Crippen MR) is 97.8 cm³/mol. The molecule has 0 aromatic carbocycles. The summed E-state index contributed by atoms with van der Waals surface area (Å²) in [4.78, 5) is 32.4. The second-order valence-electron chi connectivity index (χ2n) is 6.87. The first-order chi connectivity index (χ1) is 12.5.